The number of benzene rings is 1. The molecule has 2 amide bonds. The molecule has 144 valence electrons. The van der Waals surface area contributed by atoms with Crippen LogP contribution in [0.3, 0.4) is 0 Å². The minimum absolute atomic E-state index is 0.128. The molecule has 1 aliphatic rings. The fraction of sp³-hybridized carbons (Fsp3) is 0.529. The predicted molar refractivity (Wildman–Crippen MR) is 92.4 cm³/mol. The molecule has 0 aliphatic carbocycles. The molecule has 1 fully saturated rings. The van der Waals surface area contributed by atoms with E-state index >= 15 is 0 Å². The molecule has 1 heterocycles. The van der Waals surface area contributed by atoms with Crippen LogP contribution < -0.4 is 5.32 Å². The van der Waals surface area contributed by atoms with E-state index in [0.717, 1.165) is 10.0 Å². The van der Waals surface area contributed by atoms with Gasteiger partial charge >= 0.3 is 12.3 Å². The van der Waals surface area contributed by atoms with Crippen LogP contribution in [0.15, 0.2) is 28.7 Å². The molecule has 26 heavy (non-hydrogen) atoms. The third kappa shape index (κ3) is 5.89. The largest absolute Gasteiger partial charge is 0.440 e. The summed E-state index contributed by atoms with van der Waals surface area (Å²) in [6.07, 6.45) is -4.77. The number of carbonyl (C=O) groups excluding carboxylic acids is 2. The average molecular weight is 437 g/mol. The zero-order valence-corrected chi connectivity index (χ0v) is 15.8. The summed E-state index contributed by atoms with van der Waals surface area (Å²) in [7, 11) is 0. The van der Waals surface area contributed by atoms with Crippen molar-refractivity contribution in [2.75, 3.05) is 19.7 Å². The van der Waals surface area contributed by atoms with Gasteiger partial charge in [0.2, 0.25) is 5.91 Å². The Kier molecular flexibility index (Phi) is 6.91. The van der Waals surface area contributed by atoms with Gasteiger partial charge in [0, 0.05) is 23.5 Å². The standard InChI is InChI=1S/C17H20BrF3N2O3/c1-11(13-4-2-3-5-14(13)18)22-15(24)12-6-8-23(9-7-12)16(25)26-10-17(19,20)21/h2-5,11-12H,6-10H2,1H3,(H,22,24). The van der Waals surface area contributed by atoms with Crippen molar-refractivity contribution in [2.45, 2.75) is 32.0 Å². The maximum absolute atomic E-state index is 12.4. The first-order chi connectivity index (χ1) is 12.2. The molecule has 1 aliphatic heterocycles. The quantitative estimate of drug-likeness (QED) is 0.774. The van der Waals surface area contributed by atoms with Crippen LogP contribution in [0.5, 0.6) is 0 Å². The van der Waals surface area contributed by atoms with E-state index in [1.807, 2.05) is 31.2 Å². The number of likely N-dealkylation sites (tertiary alicyclic amines) is 1. The van der Waals surface area contributed by atoms with Crippen LogP contribution in [0.1, 0.15) is 31.4 Å². The molecule has 9 heteroatoms. The Hall–Kier alpha value is -1.77. The zero-order chi connectivity index (χ0) is 19.3. The predicted octanol–water partition coefficient (Wildman–Crippen LogP) is 4.04. The van der Waals surface area contributed by atoms with Crippen LogP contribution in [-0.2, 0) is 9.53 Å². The number of carbonyl (C=O) groups is 2. The Labute approximate surface area is 158 Å². The SMILES string of the molecule is CC(NC(=O)C1CCN(C(=O)OCC(F)(F)F)CC1)c1ccccc1Br. The number of hydrogen-bond donors (Lipinski definition) is 1. The molecule has 1 saturated heterocycles. The highest BCUT2D eigenvalue weighted by atomic mass is 79.9. The summed E-state index contributed by atoms with van der Waals surface area (Å²) in [4.78, 5) is 25.2. The van der Waals surface area contributed by atoms with E-state index in [1.165, 1.54) is 4.90 Å². The summed E-state index contributed by atoms with van der Waals surface area (Å²) in [6, 6.07) is 7.38. The molecule has 2 rings (SSSR count). The van der Waals surface area contributed by atoms with Crippen LogP contribution in [0.4, 0.5) is 18.0 Å². The smallest absolute Gasteiger partial charge is 0.422 e. The van der Waals surface area contributed by atoms with Crippen molar-refractivity contribution in [1.82, 2.24) is 10.2 Å². The van der Waals surface area contributed by atoms with E-state index < -0.39 is 18.9 Å². The lowest BCUT2D eigenvalue weighted by molar-refractivity contribution is -0.162. The molecule has 1 unspecified atom stereocenters. The molecule has 0 radical (unpaired) electrons. The Morgan fingerprint density at radius 1 is 1.31 bits per heavy atom. The van der Waals surface area contributed by atoms with E-state index in [2.05, 4.69) is 26.0 Å². The number of halogens is 4. The van der Waals surface area contributed by atoms with Gasteiger partial charge in [-0.15, -0.1) is 0 Å². The fourth-order valence-electron chi connectivity index (χ4n) is 2.79. The number of ether oxygens (including phenoxy) is 1. The number of alkyl halides is 3. The average Bonchev–Trinajstić information content (AvgIpc) is 2.59. The third-order valence-corrected chi connectivity index (χ3v) is 4.94. The van der Waals surface area contributed by atoms with Crippen molar-refractivity contribution >= 4 is 27.9 Å². The molecular weight excluding hydrogens is 417 g/mol. The number of nitrogens with one attached hydrogen (secondary N) is 1. The molecule has 0 aromatic heterocycles. The van der Waals surface area contributed by atoms with E-state index in [1.54, 1.807) is 0 Å². The van der Waals surface area contributed by atoms with Gasteiger partial charge in [0.25, 0.3) is 0 Å². The first kappa shape index (κ1) is 20.5. The summed E-state index contributed by atoms with van der Waals surface area (Å²) in [5, 5.41) is 2.94. The number of hydrogen-bond acceptors (Lipinski definition) is 3. The van der Waals surface area contributed by atoms with Gasteiger partial charge < -0.3 is 15.0 Å². The molecule has 1 aromatic rings. The summed E-state index contributed by atoms with van der Waals surface area (Å²) in [5.74, 6) is -0.414. The second-order valence-corrected chi connectivity index (χ2v) is 7.04. The number of nitrogens with zero attached hydrogens (tertiary/aromatic N) is 1. The lowest BCUT2D eigenvalue weighted by Crippen LogP contribution is -2.44. The van der Waals surface area contributed by atoms with Gasteiger partial charge in [-0.1, -0.05) is 34.1 Å². The van der Waals surface area contributed by atoms with Crippen molar-refractivity contribution < 1.29 is 27.5 Å². The van der Waals surface area contributed by atoms with Gasteiger partial charge in [0.05, 0.1) is 6.04 Å². The summed E-state index contributed by atoms with van der Waals surface area (Å²) >= 11 is 3.45. The Bertz CT molecular complexity index is 646. The zero-order valence-electron chi connectivity index (χ0n) is 14.2. The van der Waals surface area contributed by atoms with Gasteiger partial charge in [-0.05, 0) is 31.4 Å². The molecular formula is C17H20BrF3N2O3. The van der Waals surface area contributed by atoms with Crippen molar-refractivity contribution in [3.05, 3.63) is 34.3 Å². The first-order valence-corrected chi connectivity index (χ1v) is 9.00. The fourth-order valence-corrected chi connectivity index (χ4v) is 3.42. The van der Waals surface area contributed by atoms with Gasteiger partial charge in [0.1, 0.15) is 0 Å². The van der Waals surface area contributed by atoms with Crippen LogP contribution >= 0.6 is 15.9 Å². The molecule has 0 spiro atoms. The van der Waals surface area contributed by atoms with E-state index in [0.29, 0.717) is 12.8 Å². The van der Waals surface area contributed by atoms with Crippen LogP contribution in [0, 0.1) is 5.92 Å². The minimum atomic E-state index is -4.55. The summed E-state index contributed by atoms with van der Waals surface area (Å²) < 4.78 is 41.4. The highest BCUT2D eigenvalue weighted by molar-refractivity contribution is 9.10. The van der Waals surface area contributed by atoms with Gasteiger partial charge in [-0.2, -0.15) is 13.2 Å². The number of rotatable bonds is 4. The van der Waals surface area contributed by atoms with E-state index in [4.69, 9.17) is 0 Å². The highest BCUT2D eigenvalue weighted by Crippen LogP contribution is 2.25. The Morgan fingerprint density at radius 2 is 1.92 bits per heavy atom. The van der Waals surface area contributed by atoms with Crippen molar-refractivity contribution in [2.24, 2.45) is 5.92 Å². The van der Waals surface area contributed by atoms with E-state index in [9.17, 15) is 22.8 Å². The van der Waals surface area contributed by atoms with Crippen molar-refractivity contribution in [1.29, 1.82) is 0 Å². The maximum Gasteiger partial charge on any atom is 0.422 e. The lowest BCUT2D eigenvalue weighted by atomic mass is 9.95. The second-order valence-electron chi connectivity index (χ2n) is 6.18. The van der Waals surface area contributed by atoms with Crippen LogP contribution in [0.2, 0.25) is 0 Å². The molecule has 1 N–H and O–H groups in total. The summed E-state index contributed by atoms with van der Waals surface area (Å²) in [5.41, 5.74) is 0.953. The molecule has 0 bridgehead atoms. The molecule has 1 atom stereocenters. The first-order valence-electron chi connectivity index (χ1n) is 8.20. The molecule has 0 saturated carbocycles. The van der Waals surface area contributed by atoms with Gasteiger partial charge in [0.15, 0.2) is 6.61 Å². The monoisotopic (exact) mass is 436 g/mol. The van der Waals surface area contributed by atoms with Gasteiger partial charge in [-0.3, -0.25) is 4.79 Å². The lowest BCUT2D eigenvalue weighted by Gasteiger charge is -2.31. The Morgan fingerprint density at radius 3 is 2.50 bits per heavy atom. The normalized spacial score (nSPS) is 16.9. The van der Waals surface area contributed by atoms with Crippen LogP contribution in [-0.4, -0.2) is 42.8 Å². The maximum atomic E-state index is 12.4. The second kappa shape index (κ2) is 8.75. The molecule has 1 aromatic carbocycles. The minimum Gasteiger partial charge on any atom is -0.440 e. The Balaban J connectivity index is 1.81. The van der Waals surface area contributed by atoms with E-state index in [-0.39, 0.29) is 31.0 Å². The number of amides is 2. The van der Waals surface area contributed by atoms with Crippen LogP contribution in [0.25, 0.3) is 0 Å². The van der Waals surface area contributed by atoms with Crippen molar-refractivity contribution in [3.63, 3.8) is 0 Å². The topological polar surface area (TPSA) is 58.6 Å². The van der Waals surface area contributed by atoms with Crippen molar-refractivity contribution in [3.8, 4) is 0 Å². The number of piperidine rings is 1. The third-order valence-electron chi connectivity index (χ3n) is 4.21. The molecule has 5 nitrogen and oxygen atoms in total. The summed E-state index contributed by atoms with van der Waals surface area (Å²) in [6.45, 7) is 0.660. The van der Waals surface area contributed by atoms with Gasteiger partial charge in [-0.25, -0.2) is 4.79 Å². The highest BCUT2D eigenvalue weighted by Gasteiger charge is 2.33.